The molecule has 6 heteroatoms. The first kappa shape index (κ1) is 17.2. The van der Waals surface area contributed by atoms with Gasteiger partial charge in [0.05, 0.1) is 11.1 Å². The number of nitrogens with zero attached hydrogens (tertiary/aromatic N) is 4. The Bertz CT molecular complexity index is 1000. The van der Waals surface area contributed by atoms with Gasteiger partial charge in [-0.05, 0) is 42.9 Å². The highest BCUT2D eigenvalue weighted by atomic mass is 16.2. The summed E-state index contributed by atoms with van der Waals surface area (Å²) in [5.41, 5.74) is 4.54. The molecule has 3 aromatic rings. The number of fused-ring (bicyclic) bond motifs is 3. The summed E-state index contributed by atoms with van der Waals surface area (Å²) >= 11 is 0. The fraction of sp³-hybridized carbons (Fsp3) is 0.409. The molecule has 1 unspecified atom stereocenters. The topological polar surface area (TPSA) is 65.1 Å². The van der Waals surface area contributed by atoms with Gasteiger partial charge in [-0.2, -0.15) is 0 Å². The molecule has 144 valence electrons. The number of para-hydroxylation sites is 1. The van der Waals surface area contributed by atoms with Crippen LogP contribution >= 0.6 is 0 Å². The normalized spacial score (nSPS) is 19.7. The monoisotopic (exact) mass is 375 g/mol. The first-order valence-electron chi connectivity index (χ1n) is 10.1. The third-order valence-corrected chi connectivity index (χ3v) is 6.10. The number of anilines is 1. The predicted molar refractivity (Wildman–Crippen MR) is 110 cm³/mol. The van der Waals surface area contributed by atoms with Crippen molar-refractivity contribution in [2.24, 2.45) is 5.92 Å². The number of aryl methyl sites for hydroxylation is 1. The van der Waals surface area contributed by atoms with Crippen LogP contribution in [-0.2, 0) is 12.8 Å². The number of rotatable bonds is 2. The molecule has 1 aromatic carbocycles. The molecule has 0 saturated carbocycles. The van der Waals surface area contributed by atoms with Gasteiger partial charge in [0.25, 0.3) is 5.91 Å². The highest BCUT2D eigenvalue weighted by Crippen LogP contribution is 2.33. The number of aromatic amines is 1. The Kier molecular flexibility index (Phi) is 4.26. The summed E-state index contributed by atoms with van der Waals surface area (Å²) < 4.78 is 0. The van der Waals surface area contributed by atoms with E-state index in [1.54, 1.807) is 12.4 Å². The van der Waals surface area contributed by atoms with Crippen LogP contribution in [0.15, 0.2) is 36.7 Å². The third kappa shape index (κ3) is 2.93. The van der Waals surface area contributed by atoms with E-state index in [-0.39, 0.29) is 5.91 Å². The standard InChI is InChI=1S/C22H25N5O/c1-15-6-7-19-18(14-15)16-4-2-5-17(20(16)25-19)21(28)26-10-12-27(13-11-26)22-23-8-3-9-24-22/h2-5,8-9,15,25H,6-7,10-14H2,1H3. The van der Waals surface area contributed by atoms with Crippen molar-refractivity contribution in [3.05, 3.63) is 53.5 Å². The third-order valence-electron chi connectivity index (χ3n) is 6.10. The summed E-state index contributed by atoms with van der Waals surface area (Å²) in [5.74, 6) is 1.56. The molecule has 6 nitrogen and oxygen atoms in total. The number of H-pyrrole nitrogens is 1. The largest absolute Gasteiger partial charge is 0.358 e. The van der Waals surface area contributed by atoms with Gasteiger partial charge in [-0.3, -0.25) is 4.79 Å². The van der Waals surface area contributed by atoms with Crippen LogP contribution in [0.25, 0.3) is 10.9 Å². The molecule has 2 aliphatic rings. The summed E-state index contributed by atoms with van der Waals surface area (Å²) in [5, 5.41) is 1.23. The number of nitrogens with one attached hydrogen (secondary N) is 1. The van der Waals surface area contributed by atoms with Crippen LogP contribution in [0.4, 0.5) is 5.95 Å². The Morgan fingerprint density at radius 3 is 2.68 bits per heavy atom. The molecule has 1 atom stereocenters. The van der Waals surface area contributed by atoms with Gasteiger partial charge in [0, 0.05) is 49.7 Å². The average Bonchev–Trinajstić information content (AvgIpc) is 3.12. The second kappa shape index (κ2) is 6.93. The summed E-state index contributed by atoms with van der Waals surface area (Å²) in [6.07, 6.45) is 6.91. The zero-order chi connectivity index (χ0) is 19.1. The number of hydrogen-bond donors (Lipinski definition) is 1. The van der Waals surface area contributed by atoms with Crippen LogP contribution in [0.1, 0.15) is 35.0 Å². The van der Waals surface area contributed by atoms with Crippen molar-refractivity contribution in [2.75, 3.05) is 31.1 Å². The molecule has 1 amide bonds. The lowest BCUT2D eigenvalue weighted by molar-refractivity contribution is 0.0748. The van der Waals surface area contributed by atoms with Crippen molar-refractivity contribution in [1.29, 1.82) is 0 Å². The first-order chi connectivity index (χ1) is 13.7. The van der Waals surface area contributed by atoms with Gasteiger partial charge in [0.2, 0.25) is 5.95 Å². The number of benzene rings is 1. The number of carbonyl (C=O) groups excluding carboxylic acids is 1. The average molecular weight is 375 g/mol. The molecule has 1 saturated heterocycles. The molecule has 28 heavy (non-hydrogen) atoms. The Labute approximate surface area is 164 Å². The molecule has 1 N–H and O–H groups in total. The van der Waals surface area contributed by atoms with Crippen molar-refractivity contribution in [3.8, 4) is 0 Å². The lowest BCUT2D eigenvalue weighted by Crippen LogP contribution is -2.49. The Morgan fingerprint density at radius 2 is 1.89 bits per heavy atom. The second-order valence-electron chi connectivity index (χ2n) is 7.99. The summed E-state index contributed by atoms with van der Waals surface area (Å²) in [4.78, 5) is 29.6. The molecule has 2 aromatic heterocycles. The van der Waals surface area contributed by atoms with Gasteiger partial charge >= 0.3 is 0 Å². The molecular weight excluding hydrogens is 350 g/mol. The van der Waals surface area contributed by atoms with Gasteiger partial charge in [0.1, 0.15) is 0 Å². The Morgan fingerprint density at radius 1 is 1.11 bits per heavy atom. The molecular formula is C22H25N5O. The second-order valence-corrected chi connectivity index (χ2v) is 7.99. The quantitative estimate of drug-likeness (QED) is 0.748. The van der Waals surface area contributed by atoms with Crippen LogP contribution in [0.5, 0.6) is 0 Å². The predicted octanol–water partition coefficient (Wildman–Crippen LogP) is 3.05. The van der Waals surface area contributed by atoms with Crippen LogP contribution in [0.2, 0.25) is 0 Å². The van der Waals surface area contributed by atoms with E-state index >= 15 is 0 Å². The molecule has 1 fully saturated rings. The SMILES string of the molecule is CC1CCc2[nH]c3c(C(=O)N4CCN(c5ncccn5)CC4)cccc3c2C1. The Hall–Kier alpha value is -2.89. The molecule has 1 aliphatic carbocycles. The van der Waals surface area contributed by atoms with E-state index in [0.29, 0.717) is 19.0 Å². The fourth-order valence-corrected chi connectivity index (χ4v) is 4.53. The van der Waals surface area contributed by atoms with Crippen LogP contribution in [0, 0.1) is 5.92 Å². The van der Waals surface area contributed by atoms with Gasteiger partial charge < -0.3 is 14.8 Å². The summed E-state index contributed by atoms with van der Waals surface area (Å²) in [7, 11) is 0. The Balaban J connectivity index is 1.38. The van der Waals surface area contributed by atoms with Gasteiger partial charge in [-0.25, -0.2) is 9.97 Å². The smallest absolute Gasteiger partial charge is 0.256 e. The molecule has 3 heterocycles. The zero-order valence-corrected chi connectivity index (χ0v) is 16.2. The van der Waals surface area contributed by atoms with E-state index in [9.17, 15) is 4.79 Å². The summed E-state index contributed by atoms with van der Waals surface area (Å²) in [6, 6.07) is 7.96. The number of aromatic nitrogens is 3. The van der Waals surface area contributed by atoms with Crippen molar-refractivity contribution in [1.82, 2.24) is 19.9 Å². The maximum atomic E-state index is 13.3. The molecule has 0 bridgehead atoms. The van der Waals surface area contributed by atoms with E-state index in [1.807, 2.05) is 23.1 Å². The minimum atomic E-state index is 0.117. The fourth-order valence-electron chi connectivity index (χ4n) is 4.53. The molecule has 1 aliphatic heterocycles. The van der Waals surface area contributed by atoms with E-state index in [0.717, 1.165) is 43.0 Å². The van der Waals surface area contributed by atoms with Crippen molar-refractivity contribution in [3.63, 3.8) is 0 Å². The maximum Gasteiger partial charge on any atom is 0.256 e. The highest BCUT2D eigenvalue weighted by molar-refractivity contribution is 6.07. The number of amides is 1. The van der Waals surface area contributed by atoms with E-state index in [1.165, 1.54) is 23.1 Å². The van der Waals surface area contributed by atoms with Gasteiger partial charge in [-0.1, -0.05) is 19.1 Å². The molecule has 0 radical (unpaired) electrons. The lowest BCUT2D eigenvalue weighted by atomic mass is 9.87. The highest BCUT2D eigenvalue weighted by Gasteiger charge is 2.27. The van der Waals surface area contributed by atoms with Crippen LogP contribution < -0.4 is 4.90 Å². The number of carbonyl (C=O) groups is 1. The summed E-state index contributed by atoms with van der Waals surface area (Å²) in [6.45, 7) is 5.19. The van der Waals surface area contributed by atoms with Crippen molar-refractivity contribution >= 4 is 22.8 Å². The number of piperazine rings is 1. The maximum absolute atomic E-state index is 13.3. The zero-order valence-electron chi connectivity index (χ0n) is 16.2. The van der Waals surface area contributed by atoms with E-state index in [2.05, 4.69) is 32.8 Å². The molecule has 0 spiro atoms. The van der Waals surface area contributed by atoms with E-state index in [4.69, 9.17) is 0 Å². The minimum absolute atomic E-state index is 0.117. The lowest BCUT2D eigenvalue weighted by Gasteiger charge is -2.34. The number of hydrogen-bond acceptors (Lipinski definition) is 4. The van der Waals surface area contributed by atoms with Crippen LogP contribution in [0.3, 0.4) is 0 Å². The van der Waals surface area contributed by atoms with Gasteiger partial charge in [0.15, 0.2) is 0 Å². The minimum Gasteiger partial charge on any atom is -0.358 e. The van der Waals surface area contributed by atoms with Crippen molar-refractivity contribution in [2.45, 2.75) is 26.2 Å². The van der Waals surface area contributed by atoms with Gasteiger partial charge in [-0.15, -0.1) is 0 Å². The van der Waals surface area contributed by atoms with Crippen LogP contribution in [-0.4, -0.2) is 51.9 Å². The molecule has 5 rings (SSSR count). The van der Waals surface area contributed by atoms with E-state index < -0.39 is 0 Å². The van der Waals surface area contributed by atoms with Crippen molar-refractivity contribution < 1.29 is 4.79 Å². The first-order valence-corrected chi connectivity index (χ1v) is 10.1.